The predicted octanol–water partition coefficient (Wildman–Crippen LogP) is 2.26. The van der Waals surface area contributed by atoms with Crippen molar-refractivity contribution in [2.45, 2.75) is 38.6 Å². The van der Waals surface area contributed by atoms with Crippen LogP contribution >= 0.6 is 0 Å². The average molecular weight is 429 g/mol. The van der Waals surface area contributed by atoms with Gasteiger partial charge in [0, 0.05) is 29.9 Å². The molecule has 2 saturated carbocycles. The Morgan fingerprint density at radius 2 is 1.74 bits per heavy atom. The zero-order chi connectivity index (χ0) is 22.3. The quantitative estimate of drug-likeness (QED) is 0.527. The maximum Gasteiger partial charge on any atom is 0.334 e. The lowest BCUT2D eigenvalue weighted by molar-refractivity contribution is -0.144. The van der Waals surface area contributed by atoms with E-state index in [1.54, 1.807) is 18.2 Å². The lowest BCUT2D eigenvalue weighted by Gasteiger charge is -2.32. The normalized spacial score (nSPS) is 25.9. The van der Waals surface area contributed by atoms with Crippen LogP contribution in [0.4, 0.5) is 10.5 Å². The number of nitrogens with one attached hydrogen (secondary N) is 1. The van der Waals surface area contributed by atoms with Crippen LogP contribution in [0.1, 0.15) is 32.6 Å². The van der Waals surface area contributed by atoms with E-state index in [1.807, 2.05) is 6.92 Å². The molecule has 9 nitrogen and oxygen atoms in total. The summed E-state index contributed by atoms with van der Waals surface area (Å²) in [6.45, 7) is 1.30. The molecule has 1 heterocycles. The molecular formula is C22H27N3O6. The number of benzene rings is 1. The summed E-state index contributed by atoms with van der Waals surface area (Å²) in [5, 5.41) is 2.62. The van der Waals surface area contributed by atoms with Crippen LogP contribution in [0.15, 0.2) is 18.2 Å². The number of amides is 5. The van der Waals surface area contributed by atoms with Crippen LogP contribution in [-0.2, 0) is 14.4 Å². The van der Waals surface area contributed by atoms with E-state index >= 15 is 0 Å². The molecule has 31 heavy (non-hydrogen) atoms. The molecule has 4 atom stereocenters. The largest absolute Gasteiger partial charge is 0.497 e. The molecule has 2 aliphatic carbocycles. The number of rotatable bonds is 7. The van der Waals surface area contributed by atoms with Gasteiger partial charge in [0.1, 0.15) is 18.0 Å². The first-order chi connectivity index (χ1) is 14.8. The first-order valence-electron chi connectivity index (χ1n) is 10.5. The third-order valence-corrected chi connectivity index (χ3v) is 6.84. The van der Waals surface area contributed by atoms with Gasteiger partial charge in [-0.1, -0.05) is 6.42 Å². The molecule has 4 rings (SSSR count). The van der Waals surface area contributed by atoms with E-state index in [-0.39, 0.29) is 12.0 Å². The molecule has 1 aromatic carbocycles. The molecule has 0 aromatic heterocycles. The SMILES string of the molecule is COc1cc(NC(=O)CN2C(=O)C(=O)N([C@@H](C)[C@H]3C[C@H]4CC[C@H]3C4)C2=O)cc(OC)c1. The molecule has 0 unspecified atom stereocenters. The van der Waals surface area contributed by atoms with Gasteiger partial charge in [0.05, 0.1) is 14.2 Å². The van der Waals surface area contributed by atoms with Crippen LogP contribution in [0.25, 0.3) is 0 Å². The van der Waals surface area contributed by atoms with Crippen LogP contribution in [0.5, 0.6) is 11.5 Å². The number of ether oxygens (including phenoxy) is 2. The molecule has 5 amide bonds. The molecule has 2 bridgehead atoms. The Kier molecular flexibility index (Phi) is 5.60. The second kappa shape index (κ2) is 8.20. The Bertz CT molecular complexity index is 910. The van der Waals surface area contributed by atoms with E-state index in [1.165, 1.54) is 20.6 Å². The third kappa shape index (κ3) is 3.84. The first-order valence-corrected chi connectivity index (χ1v) is 10.5. The third-order valence-electron chi connectivity index (χ3n) is 6.84. The van der Waals surface area contributed by atoms with E-state index < -0.39 is 30.3 Å². The summed E-state index contributed by atoms with van der Waals surface area (Å²) in [4.78, 5) is 52.3. The monoisotopic (exact) mass is 429 g/mol. The standard InChI is InChI=1S/C22H27N3O6/c1-12(18-7-13-4-5-14(18)6-13)25-21(28)20(27)24(22(25)29)11-19(26)23-15-8-16(30-2)10-17(9-15)31-3/h8-10,12-14,18H,4-7,11H2,1-3H3,(H,23,26)/t12-,13-,14-,18+/m0/s1. The van der Waals surface area contributed by atoms with Crippen molar-refractivity contribution in [2.75, 3.05) is 26.1 Å². The Balaban J connectivity index is 1.44. The van der Waals surface area contributed by atoms with Gasteiger partial charge in [-0.2, -0.15) is 0 Å². The molecule has 1 aromatic rings. The zero-order valence-corrected chi connectivity index (χ0v) is 17.9. The van der Waals surface area contributed by atoms with E-state index in [0.29, 0.717) is 29.0 Å². The summed E-state index contributed by atoms with van der Waals surface area (Å²) in [5.41, 5.74) is 0.388. The van der Waals surface area contributed by atoms with Crippen LogP contribution in [0.2, 0.25) is 0 Å². The van der Waals surface area contributed by atoms with Crippen molar-refractivity contribution in [1.29, 1.82) is 0 Å². The molecule has 3 aliphatic rings. The molecule has 3 fully saturated rings. The highest BCUT2D eigenvalue weighted by atomic mass is 16.5. The molecule has 166 valence electrons. The minimum absolute atomic E-state index is 0.220. The van der Waals surface area contributed by atoms with Crippen LogP contribution in [0, 0.1) is 17.8 Å². The van der Waals surface area contributed by atoms with Gasteiger partial charge in [-0.25, -0.2) is 9.69 Å². The van der Waals surface area contributed by atoms with Gasteiger partial charge < -0.3 is 14.8 Å². The number of imide groups is 2. The van der Waals surface area contributed by atoms with Gasteiger partial charge in [0.25, 0.3) is 0 Å². The summed E-state index contributed by atoms with van der Waals surface area (Å²) in [7, 11) is 2.97. The maximum atomic E-state index is 12.9. The van der Waals surface area contributed by atoms with Gasteiger partial charge in [0.15, 0.2) is 0 Å². The highest BCUT2D eigenvalue weighted by Crippen LogP contribution is 2.50. The fourth-order valence-electron chi connectivity index (χ4n) is 5.32. The second-order valence-electron chi connectivity index (χ2n) is 8.58. The number of urea groups is 1. The number of fused-ring (bicyclic) bond motifs is 2. The predicted molar refractivity (Wildman–Crippen MR) is 111 cm³/mol. The summed E-state index contributed by atoms with van der Waals surface area (Å²) in [6, 6.07) is 3.75. The molecule has 1 N–H and O–H groups in total. The van der Waals surface area contributed by atoms with Crippen molar-refractivity contribution >= 4 is 29.4 Å². The summed E-state index contributed by atoms with van der Waals surface area (Å²) in [6.07, 6.45) is 4.43. The van der Waals surface area contributed by atoms with Gasteiger partial charge in [0.2, 0.25) is 5.91 Å². The number of methoxy groups -OCH3 is 2. The highest BCUT2D eigenvalue weighted by molar-refractivity contribution is 6.45. The zero-order valence-electron chi connectivity index (χ0n) is 17.9. The maximum absolute atomic E-state index is 12.9. The van der Waals surface area contributed by atoms with E-state index in [4.69, 9.17) is 9.47 Å². The van der Waals surface area contributed by atoms with Crippen molar-refractivity contribution in [1.82, 2.24) is 9.80 Å². The van der Waals surface area contributed by atoms with Gasteiger partial charge in [-0.3, -0.25) is 19.3 Å². The second-order valence-corrected chi connectivity index (χ2v) is 8.58. The van der Waals surface area contributed by atoms with E-state index in [0.717, 1.165) is 29.1 Å². The molecular weight excluding hydrogens is 402 g/mol. The minimum atomic E-state index is -0.960. The number of nitrogens with zero attached hydrogens (tertiary/aromatic N) is 2. The van der Waals surface area contributed by atoms with Gasteiger partial charge in [-0.15, -0.1) is 0 Å². The number of carbonyl (C=O) groups excluding carboxylic acids is 4. The molecule has 0 radical (unpaired) electrons. The van der Waals surface area contributed by atoms with Crippen LogP contribution < -0.4 is 14.8 Å². The summed E-state index contributed by atoms with van der Waals surface area (Å²) in [5.74, 6) is -0.0852. The Morgan fingerprint density at radius 3 is 2.29 bits per heavy atom. The topological polar surface area (TPSA) is 105 Å². The smallest absolute Gasteiger partial charge is 0.334 e. The number of hydrogen-bond acceptors (Lipinski definition) is 6. The van der Waals surface area contributed by atoms with Gasteiger partial charge in [-0.05, 0) is 43.9 Å². The Morgan fingerprint density at radius 1 is 1.06 bits per heavy atom. The first kappa shape index (κ1) is 21.1. The van der Waals surface area contributed by atoms with Crippen molar-refractivity contribution in [3.8, 4) is 11.5 Å². The lowest BCUT2D eigenvalue weighted by Crippen LogP contribution is -2.45. The summed E-state index contributed by atoms with van der Waals surface area (Å²) >= 11 is 0. The lowest BCUT2D eigenvalue weighted by atomic mass is 9.83. The molecule has 1 saturated heterocycles. The highest BCUT2D eigenvalue weighted by Gasteiger charge is 2.52. The van der Waals surface area contributed by atoms with Crippen molar-refractivity contribution < 1.29 is 28.7 Å². The van der Waals surface area contributed by atoms with Crippen LogP contribution in [0.3, 0.4) is 0 Å². The van der Waals surface area contributed by atoms with Crippen molar-refractivity contribution in [3.63, 3.8) is 0 Å². The summed E-state index contributed by atoms with van der Waals surface area (Å²) < 4.78 is 10.3. The van der Waals surface area contributed by atoms with E-state index in [9.17, 15) is 19.2 Å². The molecule has 0 spiro atoms. The number of anilines is 1. The van der Waals surface area contributed by atoms with Crippen LogP contribution in [-0.4, -0.2) is 60.4 Å². The average Bonchev–Trinajstić information content (AvgIpc) is 3.44. The fraction of sp³-hybridized carbons (Fsp3) is 0.545. The fourth-order valence-corrected chi connectivity index (χ4v) is 5.32. The Labute approximate surface area is 180 Å². The number of hydrogen-bond donors (Lipinski definition) is 1. The molecule has 1 aliphatic heterocycles. The van der Waals surface area contributed by atoms with Crippen molar-refractivity contribution in [3.05, 3.63) is 18.2 Å². The molecule has 9 heteroatoms. The van der Waals surface area contributed by atoms with E-state index in [2.05, 4.69) is 5.32 Å². The van der Waals surface area contributed by atoms with Gasteiger partial charge >= 0.3 is 17.8 Å². The number of carbonyl (C=O) groups is 4. The van der Waals surface area contributed by atoms with Crippen molar-refractivity contribution in [2.24, 2.45) is 17.8 Å². The Hall–Kier alpha value is -3.10. The minimum Gasteiger partial charge on any atom is -0.497 e.